The van der Waals surface area contributed by atoms with Crippen LogP contribution in [0, 0.1) is 13.8 Å². The number of nitrogens with one attached hydrogen (secondary N) is 4. The number of sulfonamides is 2. The summed E-state index contributed by atoms with van der Waals surface area (Å²) in [5.41, 5.74) is 14.0. The van der Waals surface area contributed by atoms with Crippen LogP contribution in [0.4, 0.5) is 0 Å². The molecule has 0 heterocycles. The summed E-state index contributed by atoms with van der Waals surface area (Å²) in [6.07, 6.45) is 6.04. The summed E-state index contributed by atoms with van der Waals surface area (Å²) in [4.78, 5) is 26.9. The van der Waals surface area contributed by atoms with E-state index in [2.05, 4.69) is 166 Å². The van der Waals surface area contributed by atoms with Crippen molar-refractivity contribution in [2.24, 2.45) is 0 Å². The maximum Gasteiger partial charge on any atom is 0.241 e. The lowest BCUT2D eigenvalue weighted by Crippen LogP contribution is -2.45. The molecule has 16 heteroatoms. The zero-order valence-corrected chi connectivity index (χ0v) is 61.2. The fourth-order valence-corrected chi connectivity index (χ4v) is 13.9. The predicted molar refractivity (Wildman–Crippen MR) is 381 cm³/mol. The lowest BCUT2D eigenvalue weighted by Gasteiger charge is -2.29. The van der Waals surface area contributed by atoms with Gasteiger partial charge in [0.25, 0.3) is 0 Å². The summed E-state index contributed by atoms with van der Waals surface area (Å²) in [5, 5.41) is 5.90. The number of ether oxygens (including phenoxy) is 4. The lowest BCUT2D eigenvalue weighted by molar-refractivity contribution is -0.123. The largest absolute Gasteiger partial charge is 0.493 e. The van der Waals surface area contributed by atoms with Gasteiger partial charge in [-0.3, -0.25) is 9.59 Å². The Labute approximate surface area is 564 Å². The number of rotatable bonds is 26. The highest BCUT2D eigenvalue weighted by Gasteiger charge is 2.31. The van der Waals surface area contributed by atoms with Gasteiger partial charge in [-0.2, -0.15) is 9.44 Å². The average Bonchev–Trinajstić information content (AvgIpc) is 0.800. The monoisotopic (exact) mass is 1320 g/mol. The number of carbonyl (C=O) groups is 2. The molecule has 4 N–H and O–H groups in total. The number of amides is 2. The standard InChI is InChI=1S/C78H108N4O10S2/c1-19-35-89-69-55-39-59-47-65(77(13,14)15)49-61(71(59)91-37-23-21-33-79-73(83)53(5)81-93(85,86)67-29-25-51(3)26-30-67)41-57-45-64(76(10,11)12)46-58(70(57)90-36-20-2)42-62-50-66(78(16,17)18)48-60(40-56(69)44-63(43-55)75(7,8)9)72(62)92-38-24-22-34-80-74(84)54(6)82-94(87,88)68-31-27-52(4)28-32-68/h25-32,43-50,53-54,81-82H,19-24,33-42H2,1-18H3,(H,79,83)(H,80,84). The zero-order chi connectivity index (χ0) is 69.1. The van der Waals surface area contributed by atoms with E-state index in [4.69, 9.17) is 18.9 Å². The van der Waals surface area contributed by atoms with Crippen molar-refractivity contribution < 1.29 is 45.4 Å². The summed E-state index contributed by atoms with van der Waals surface area (Å²) in [6.45, 7) is 40.6. The summed E-state index contributed by atoms with van der Waals surface area (Å²) < 4.78 is 86.3. The highest BCUT2D eigenvalue weighted by molar-refractivity contribution is 7.89. The van der Waals surface area contributed by atoms with Crippen LogP contribution >= 0.6 is 0 Å². The molecule has 1 aliphatic carbocycles. The Hall–Kier alpha value is -6.72. The molecule has 8 bridgehead atoms. The van der Waals surface area contributed by atoms with Crippen molar-refractivity contribution in [3.63, 3.8) is 0 Å². The van der Waals surface area contributed by atoms with Crippen LogP contribution in [-0.4, -0.2) is 80.3 Å². The molecule has 1 aliphatic rings. The quantitative estimate of drug-likeness (QED) is 0.0380. The Kier molecular flexibility index (Phi) is 25.0. The van der Waals surface area contributed by atoms with Gasteiger partial charge in [0.15, 0.2) is 0 Å². The van der Waals surface area contributed by atoms with E-state index in [-0.39, 0.29) is 31.5 Å². The van der Waals surface area contributed by atoms with Crippen LogP contribution < -0.4 is 39.0 Å². The molecule has 0 saturated heterocycles. The van der Waals surface area contributed by atoms with Crippen molar-refractivity contribution in [1.29, 1.82) is 0 Å². The molecule has 6 aromatic rings. The van der Waals surface area contributed by atoms with Gasteiger partial charge in [0.2, 0.25) is 31.9 Å². The van der Waals surface area contributed by atoms with Crippen molar-refractivity contribution in [1.82, 2.24) is 20.1 Å². The number of hydrogen-bond donors (Lipinski definition) is 4. The molecule has 94 heavy (non-hydrogen) atoms. The molecule has 0 spiro atoms. The Balaban J connectivity index is 1.31. The van der Waals surface area contributed by atoms with E-state index in [1.807, 2.05) is 13.8 Å². The number of aryl methyl sites for hydroxylation is 2. The number of unbranched alkanes of at least 4 members (excludes halogenated alkanes) is 2. The minimum atomic E-state index is -3.91. The minimum absolute atomic E-state index is 0.104. The van der Waals surface area contributed by atoms with Crippen LogP contribution in [0.5, 0.6) is 23.0 Å². The molecule has 0 saturated carbocycles. The maximum atomic E-state index is 13.3. The van der Waals surface area contributed by atoms with Gasteiger partial charge in [0.1, 0.15) is 23.0 Å². The van der Waals surface area contributed by atoms with Crippen LogP contribution in [0.25, 0.3) is 0 Å². The third-order valence-electron chi connectivity index (χ3n) is 17.2. The number of fused-ring (bicyclic) bond motifs is 8. The first-order valence-corrected chi connectivity index (χ1v) is 36.8. The highest BCUT2D eigenvalue weighted by Crippen LogP contribution is 2.45. The Morgan fingerprint density at radius 2 is 0.628 bits per heavy atom. The van der Waals surface area contributed by atoms with Gasteiger partial charge in [-0.05, 0) is 179 Å². The van der Waals surface area contributed by atoms with Crippen molar-refractivity contribution >= 4 is 31.9 Å². The van der Waals surface area contributed by atoms with Crippen LogP contribution in [0.1, 0.15) is 227 Å². The summed E-state index contributed by atoms with van der Waals surface area (Å²) in [6, 6.07) is 29.7. The van der Waals surface area contributed by atoms with Gasteiger partial charge >= 0.3 is 0 Å². The first-order chi connectivity index (χ1) is 44.0. The van der Waals surface area contributed by atoms with Gasteiger partial charge in [-0.1, -0.05) is 181 Å². The summed E-state index contributed by atoms with van der Waals surface area (Å²) in [7, 11) is -7.82. The number of hydrogen-bond acceptors (Lipinski definition) is 10. The number of carbonyl (C=O) groups excluding carboxylic acids is 2. The van der Waals surface area contributed by atoms with Crippen molar-refractivity contribution in [2.45, 2.75) is 232 Å². The average molecular weight is 1330 g/mol. The molecule has 0 fully saturated rings. The second kappa shape index (κ2) is 31.4. The van der Waals surface area contributed by atoms with E-state index in [0.29, 0.717) is 90.9 Å². The molecule has 6 aromatic carbocycles. The van der Waals surface area contributed by atoms with Gasteiger partial charge in [0, 0.05) is 38.8 Å². The molecule has 0 aromatic heterocycles. The molecule has 2 atom stereocenters. The van der Waals surface area contributed by atoms with E-state index < -0.39 is 43.9 Å². The molecule has 2 amide bonds. The molecule has 0 aliphatic heterocycles. The molecule has 2 unspecified atom stereocenters. The third-order valence-corrected chi connectivity index (χ3v) is 20.3. The second-order valence-electron chi connectivity index (χ2n) is 29.9. The lowest BCUT2D eigenvalue weighted by atomic mass is 9.79. The maximum absolute atomic E-state index is 13.3. The first kappa shape index (κ1) is 74.7. The van der Waals surface area contributed by atoms with E-state index >= 15 is 0 Å². The first-order valence-electron chi connectivity index (χ1n) is 33.9. The fourth-order valence-electron chi connectivity index (χ4n) is 11.4. The summed E-state index contributed by atoms with van der Waals surface area (Å²) >= 11 is 0. The van der Waals surface area contributed by atoms with E-state index in [0.717, 1.165) is 91.5 Å². The van der Waals surface area contributed by atoms with Crippen molar-refractivity contribution in [2.75, 3.05) is 39.5 Å². The fraction of sp³-hybridized carbons (Fsp3) is 0.513. The van der Waals surface area contributed by atoms with Gasteiger partial charge < -0.3 is 29.6 Å². The zero-order valence-electron chi connectivity index (χ0n) is 59.6. The minimum Gasteiger partial charge on any atom is -0.493 e. The third kappa shape index (κ3) is 20.2. The molecule has 0 radical (unpaired) electrons. The smallest absolute Gasteiger partial charge is 0.241 e. The Bertz CT molecular complexity index is 3480. The summed E-state index contributed by atoms with van der Waals surface area (Å²) in [5.74, 6) is 2.49. The SMILES string of the molecule is CCCOc1c2cc(C(C)(C)C)cc1Cc1cc(C(C)(C)C)cc(c1OCCCCNC(=O)C(C)NS(=O)(=O)c1ccc(C)cc1)Cc1cc(C(C)(C)C)cc(c1OCCC)Cc1cc(C(C)(C)C)cc(c1OCCCCNC(=O)C(C)NS(=O)(=O)c1ccc(C)cc1)C2. The second-order valence-corrected chi connectivity index (χ2v) is 33.3. The topological polar surface area (TPSA) is 187 Å². The predicted octanol–water partition coefficient (Wildman–Crippen LogP) is 15.0. The van der Waals surface area contributed by atoms with Crippen LogP contribution in [0.2, 0.25) is 0 Å². The molecular formula is C78H108N4O10S2. The normalized spacial score (nSPS) is 13.8. The van der Waals surface area contributed by atoms with Crippen molar-refractivity contribution in [3.8, 4) is 23.0 Å². The molecule has 7 rings (SSSR count). The van der Waals surface area contributed by atoms with Gasteiger partial charge in [-0.25, -0.2) is 16.8 Å². The van der Waals surface area contributed by atoms with E-state index in [1.54, 1.807) is 38.1 Å². The highest BCUT2D eigenvalue weighted by atomic mass is 32.2. The number of benzene rings is 6. The van der Waals surface area contributed by atoms with E-state index in [9.17, 15) is 26.4 Å². The van der Waals surface area contributed by atoms with Crippen LogP contribution in [0.3, 0.4) is 0 Å². The van der Waals surface area contributed by atoms with Gasteiger partial charge in [-0.15, -0.1) is 0 Å². The van der Waals surface area contributed by atoms with E-state index in [1.165, 1.54) is 46.5 Å². The van der Waals surface area contributed by atoms with Gasteiger partial charge in [0.05, 0.1) is 48.3 Å². The van der Waals surface area contributed by atoms with Crippen LogP contribution in [-0.2, 0) is 77.0 Å². The molecule has 14 nitrogen and oxygen atoms in total. The molecular weight excluding hydrogens is 1220 g/mol. The Morgan fingerprint density at radius 1 is 0.394 bits per heavy atom. The Morgan fingerprint density at radius 3 is 0.851 bits per heavy atom. The van der Waals surface area contributed by atoms with Crippen molar-refractivity contribution in [3.05, 3.63) is 175 Å². The van der Waals surface area contributed by atoms with Crippen LogP contribution in [0.15, 0.2) is 107 Å². The molecule has 512 valence electrons.